The van der Waals surface area contributed by atoms with Crippen molar-refractivity contribution in [2.75, 3.05) is 19.6 Å². The van der Waals surface area contributed by atoms with E-state index in [4.69, 9.17) is 11.6 Å². The molecule has 1 unspecified atom stereocenters. The van der Waals surface area contributed by atoms with E-state index in [1.165, 1.54) is 25.0 Å². The van der Waals surface area contributed by atoms with Crippen LogP contribution in [0.3, 0.4) is 0 Å². The molecule has 0 radical (unpaired) electrons. The Bertz CT molecular complexity index is 451. The normalized spacial score (nSPS) is 29.2. The lowest BCUT2D eigenvalue weighted by atomic mass is 9.94. The zero-order valence-corrected chi connectivity index (χ0v) is 12.0. The van der Waals surface area contributed by atoms with Crippen LogP contribution in [0, 0.1) is 11.7 Å². The number of piperidine rings is 1. The zero-order valence-electron chi connectivity index (χ0n) is 11.2. The van der Waals surface area contributed by atoms with Gasteiger partial charge in [0.2, 0.25) is 0 Å². The van der Waals surface area contributed by atoms with E-state index >= 15 is 0 Å². The largest absolute Gasteiger partial charge is 0.312 e. The number of benzene rings is 1. The summed E-state index contributed by atoms with van der Waals surface area (Å²) in [5, 5.41) is 4.14. The predicted octanol–water partition coefficient (Wildman–Crippen LogP) is 3.22. The summed E-state index contributed by atoms with van der Waals surface area (Å²) in [6, 6.07) is 5.60. The van der Waals surface area contributed by atoms with Gasteiger partial charge in [-0.15, -0.1) is 0 Å². The molecule has 2 heterocycles. The molecular weight excluding hydrogens is 263 g/mol. The van der Waals surface area contributed by atoms with E-state index in [0.29, 0.717) is 11.1 Å². The van der Waals surface area contributed by atoms with Gasteiger partial charge in [-0.1, -0.05) is 17.7 Å². The fourth-order valence-corrected chi connectivity index (χ4v) is 3.76. The Labute approximate surface area is 118 Å². The highest BCUT2D eigenvalue weighted by molar-refractivity contribution is 6.31. The van der Waals surface area contributed by atoms with E-state index in [0.717, 1.165) is 31.1 Å². The van der Waals surface area contributed by atoms with E-state index < -0.39 is 0 Å². The molecule has 2 aliphatic rings. The molecule has 2 nitrogen and oxygen atoms in total. The molecule has 0 amide bonds. The Morgan fingerprint density at radius 3 is 3.00 bits per heavy atom. The third-order valence-electron chi connectivity index (χ3n) is 4.59. The number of fused-ring (bicyclic) bond motifs is 1. The van der Waals surface area contributed by atoms with E-state index in [9.17, 15) is 4.39 Å². The van der Waals surface area contributed by atoms with Crippen molar-refractivity contribution in [3.63, 3.8) is 0 Å². The molecule has 3 rings (SSSR count). The highest BCUT2D eigenvalue weighted by Crippen LogP contribution is 2.34. The Morgan fingerprint density at radius 2 is 2.26 bits per heavy atom. The monoisotopic (exact) mass is 282 g/mol. The van der Waals surface area contributed by atoms with E-state index in [1.54, 1.807) is 0 Å². The highest BCUT2D eigenvalue weighted by Gasteiger charge is 2.36. The second kappa shape index (κ2) is 5.39. The number of nitrogens with one attached hydrogen (secondary N) is 1. The Hall–Kier alpha value is -0.640. The maximum Gasteiger partial charge on any atom is 0.124 e. The van der Waals surface area contributed by atoms with Gasteiger partial charge in [0, 0.05) is 30.2 Å². The quantitative estimate of drug-likeness (QED) is 0.896. The minimum Gasteiger partial charge on any atom is -0.312 e. The topological polar surface area (TPSA) is 15.3 Å². The number of nitrogens with zero attached hydrogens (tertiary/aromatic N) is 1. The molecule has 0 bridgehead atoms. The average molecular weight is 283 g/mol. The highest BCUT2D eigenvalue weighted by atomic mass is 35.5. The molecule has 0 aromatic heterocycles. The fourth-order valence-electron chi connectivity index (χ4n) is 3.43. The molecule has 4 heteroatoms. The molecule has 19 heavy (non-hydrogen) atoms. The lowest BCUT2D eigenvalue weighted by molar-refractivity contribution is 0.251. The molecular formula is C15H20ClFN2. The number of rotatable bonds is 2. The maximum absolute atomic E-state index is 13.1. The summed E-state index contributed by atoms with van der Waals surface area (Å²) in [4.78, 5) is 2.47. The van der Waals surface area contributed by atoms with Crippen molar-refractivity contribution in [1.82, 2.24) is 10.2 Å². The number of halogens is 2. The lowest BCUT2D eigenvalue weighted by Gasteiger charge is -2.25. The van der Waals surface area contributed by atoms with Gasteiger partial charge < -0.3 is 5.32 Å². The zero-order chi connectivity index (χ0) is 13.4. The van der Waals surface area contributed by atoms with Crippen LogP contribution in [0.15, 0.2) is 18.2 Å². The van der Waals surface area contributed by atoms with Crippen LogP contribution < -0.4 is 5.32 Å². The lowest BCUT2D eigenvalue weighted by Crippen LogP contribution is -2.40. The van der Waals surface area contributed by atoms with Crippen molar-refractivity contribution in [3.8, 4) is 0 Å². The van der Waals surface area contributed by atoms with Gasteiger partial charge in [-0.2, -0.15) is 0 Å². The number of likely N-dealkylation sites (tertiary alicyclic amines) is 1. The molecule has 1 N–H and O–H groups in total. The van der Waals surface area contributed by atoms with Crippen LogP contribution >= 0.6 is 11.6 Å². The maximum atomic E-state index is 13.1. The summed E-state index contributed by atoms with van der Waals surface area (Å²) in [7, 11) is 0. The first-order chi connectivity index (χ1) is 9.15. The van der Waals surface area contributed by atoms with Crippen molar-refractivity contribution in [3.05, 3.63) is 34.6 Å². The first-order valence-electron chi connectivity index (χ1n) is 7.07. The van der Waals surface area contributed by atoms with Gasteiger partial charge in [-0.25, -0.2) is 4.39 Å². The van der Waals surface area contributed by atoms with Crippen LogP contribution in [0.4, 0.5) is 4.39 Å². The Kier molecular flexibility index (Phi) is 3.79. The molecule has 104 valence electrons. The smallest absolute Gasteiger partial charge is 0.124 e. The minimum absolute atomic E-state index is 0.250. The Balaban J connectivity index is 1.75. The van der Waals surface area contributed by atoms with Gasteiger partial charge in [0.05, 0.1) is 0 Å². The van der Waals surface area contributed by atoms with E-state index in [-0.39, 0.29) is 11.9 Å². The van der Waals surface area contributed by atoms with E-state index in [2.05, 4.69) is 17.1 Å². The van der Waals surface area contributed by atoms with Crippen LogP contribution in [0.25, 0.3) is 0 Å². The van der Waals surface area contributed by atoms with Gasteiger partial charge >= 0.3 is 0 Å². The first-order valence-corrected chi connectivity index (χ1v) is 7.45. The molecule has 1 aromatic rings. The van der Waals surface area contributed by atoms with Crippen LogP contribution in [-0.2, 0) is 0 Å². The van der Waals surface area contributed by atoms with Crippen LogP contribution in [0.5, 0.6) is 0 Å². The first kappa shape index (κ1) is 13.3. The summed E-state index contributed by atoms with van der Waals surface area (Å²) in [6.07, 6.45) is 2.60. The van der Waals surface area contributed by atoms with Gasteiger partial charge in [0.15, 0.2) is 0 Å². The van der Waals surface area contributed by atoms with Crippen molar-refractivity contribution in [2.24, 2.45) is 5.92 Å². The Morgan fingerprint density at radius 1 is 1.42 bits per heavy atom. The fraction of sp³-hybridized carbons (Fsp3) is 0.600. The van der Waals surface area contributed by atoms with Gasteiger partial charge in [-0.3, -0.25) is 4.90 Å². The summed E-state index contributed by atoms with van der Waals surface area (Å²) in [5.74, 6) is 0.494. The molecule has 3 atom stereocenters. The van der Waals surface area contributed by atoms with E-state index in [1.807, 2.05) is 6.07 Å². The third kappa shape index (κ3) is 2.64. The third-order valence-corrected chi connectivity index (χ3v) is 4.92. The molecule has 1 aromatic carbocycles. The van der Waals surface area contributed by atoms with Crippen molar-refractivity contribution in [1.29, 1.82) is 0 Å². The molecule has 0 aliphatic carbocycles. The molecule has 0 saturated carbocycles. The standard InChI is InChI=1S/C15H20ClFN2/c1-10(13-5-4-12(17)7-14(13)16)19-8-11-3-2-6-18-15(11)9-19/h4-5,7,10-11,15,18H,2-3,6,8-9H2,1H3/t10?,11-,15+/m0/s1. The summed E-state index contributed by atoms with van der Waals surface area (Å²) >= 11 is 6.17. The summed E-state index contributed by atoms with van der Waals surface area (Å²) in [6.45, 7) is 5.49. The summed E-state index contributed by atoms with van der Waals surface area (Å²) in [5.41, 5.74) is 1.03. The van der Waals surface area contributed by atoms with Crippen molar-refractivity contribution >= 4 is 11.6 Å². The van der Waals surface area contributed by atoms with Crippen molar-refractivity contribution in [2.45, 2.75) is 31.8 Å². The molecule has 2 saturated heterocycles. The SMILES string of the molecule is CC(c1ccc(F)cc1Cl)N1C[C@@H]2CCCN[C@@H]2C1. The minimum atomic E-state index is -0.266. The predicted molar refractivity (Wildman–Crippen MR) is 75.9 cm³/mol. The van der Waals surface area contributed by atoms with Gasteiger partial charge in [-0.05, 0) is 49.9 Å². The molecule has 2 aliphatic heterocycles. The second-order valence-electron chi connectivity index (χ2n) is 5.76. The average Bonchev–Trinajstić information content (AvgIpc) is 2.81. The molecule has 0 spiro atoms. The number of hydrogen-bond donors (Lipinski definition) is 1. The molecule has 2 fully saturated rings. The van der Waals surface area contributed by atoms with Crippen LogP contribution in [0.2, 0.25) is 5.02 Å². The second-order valence-corrected chi connectivity index (χ2v) is 6.17. The van der Waals surface area contributed by atoms with Crippen molar-refractivity contribution < 1.29 is 4.39 Å². The number of hydrogen-bond acceptors (Lipinski definition) is 2. The van der Waals surface area contributed by atoms with Crippen LogP contribution in [0.1, 0.15) is 31.4 Å². The van der Waals surface area contributed by atoms with Gasteiger partial charge in [0.1, 0.15) is 5.82 Å². The van der Waals surface area contributed by atoms with Crippen LogP contribution in [-0.4, -0.2) is 30.6 Å². The van der Waals surface area contributed by atoms with Gasteiger partial charge in [0.25, 0.3) is 0 Å². The summed E-state index contributed by atoms with van der Waals surface area (Å²) < 4.78 is 13.1.